The van der Waals surface area contributed by atoms with Gasteiger partial charge in [0.25, 0.3) is 0 Å². The first-order valence-electron chi connectivity index (χ1n) is 3.94. The molecule has 2 atom stereocenters. The molecule has 0 N–H and O–H groups in total. The molecule has 1 heterocycles. The van der Waals surface area contributed by atoms with E-state index < -0.39 is 37.3 Å². The third kappa shape index (κ3) is 2.31. The molecule has 0 radical (unpaired) electrons. The average molecular weight is 221 g/mol. The molecular weight excluding hydrogens is 212 g/mol. The van der Waals surface area contributed by atoms with Crippen LogP contribution >= 0.6 is 0 Å². The summed E-state index contributed by atoms with van der Waals surface area (Å²) in [6.45, 7) is -1.15. The van der Waals surface area contributed by atoms with E-state index in [-0.39, 0.29) is 0 Å². The third-order valence-corrected chi connectivity index (χ3v) is 2.34. The van der Waals surface area contributed by atoms with Crippen LogP contribution in [0.25, 0.3) is 0 Å². The maximum atomic E-state index is 12.2. The standard InChI is InChI=1S/C7H9F6N/c1-14-2-4(6(8,9)10)5(3-14)7(11,12)13/h4-5H,2-3H2,1H3/t4-,5-/m0/s1. The summed E-state index contributed by atoms with van der Waals surface area (Å²) in [5.41, 5.74) is 0. The fourth-order valence-electron chi connectivity index (χ4n) is 1.66. The quantitative estimate of drug-likeness (QED) is 0.567. The molecule has 84 valence electrons. The first kappa shape index (κ1) is 11.6. The van der Waals surface area contributed by atoms with E-state index >= 15 is 0 Å². The molecule has 0 spiro atoms. The molecule has 0 amide bonds. The lowest BCUT2D eigenvalue weighted by atomic mass is 9.95. The van der Waals surface area contributed by atoms with Gasteiger partial charge in [-0.25, -0.2) is 0 Å². The number of hydrogen-bond acceptors (Lipinski definition) is 1. The van der Waals surface area contributed by atoms with Gasteiger partial charge in [-0.3, -0.25) is 0 Å². The number of alkyl halides is 6. The summed E-state index contributed by atoms with van der Waals surface area (Å²) in [4.78, 5) is 1.05. The molecule has 0 unspecified atom stereocenters. The highest BCUT2D eigenvalue weighted by Gasteiger charge is 2.58. The van der Waals surface area contributed by atoms with Crippen LogP contribution in [0, 0.1) is 11.8 Å². The molecule has 1 aliphatic rings. The topological polar surface area (TPSA) is 3.24 Å². The summed E-state index contributed by atoms with van der Waals surface area (Å²) in [6.07, 6.45) is -9.55. The zero-order valence-electron chi connectivity index (χ0n) is 7.28. The first-order valence-corrected chi connectivity index (χ1v) is 3.94. The molecule has 14 heavy (non-hydrogen) atoms. The van der Waals surface area contributed by atoms with Crippen LogP contribution in [0.2, 0.25) is 0 Å². The number of rotatable bonds is 0. The summed E-state index contributed by atoms with van der Waals surface area (Å²) in [5.74, 6) is -4.57. The van der Waals surface area contributed by atoms with E-state index in [9.17, 15) is 26.3 Å². The van der Waals surface area contributed by atoms with Gasteiger partial charge in [0.15, 0.2) is 0 Å². The minimum Gasteiger partial charge on any atom is -0.305 e. The van der Waals surface area contributed by atoms with Crippen molar-refractivity contribution in [2.75, 3.05) is 20.1 Å². The number of halogens is 6. The summed E-state index contributed by atoms with van der Waals surface area (Å²) in [7, 11) is 1.25. The second kappa shape index (κ2) is 3.29. The van der Waals surface area contributed by atoms with E-state index in [1.165, 1.54) is 7.05 Å². The van der Waals surface area contributed by atoms with Crippen molar-refractivity contribution in [3.63, 3.8) is 0 Å². The van der Waals surface area contributed by atoms with Crippen LogP contribution in [-0.2, 0) is 0 Å². The van der Waals surface area contributed by atoms with E-state index in [1.807, 2.05) is 0 Å². The van der Waals surface area contributed by atoms with Crippen molar-refractivity contribution in [2.24, 2.45) is 11.8 Å². The molecule has 1 aliphatic heterocycles. The third-order valence-electron chi connectivity index (χ3n) is 2.34. The molecule has 7 heteroatoms. The Labute approximate surface area is 76.7 Å². The molecule has 1 fully saturated rings. The minimum atomic E-state index is -4.77. The number of hydrogen-bond donors (Lipinski definition) is 0. The van der Waals surface area contributed by atoms with Gasteiger partial charge in [0.05, 0.1) is 11.8 Å². The second-order valence-electron chi connectivity index (χ2n) is 3.52. The van der Waals surface area contributed by atoms with Gasteiger partial charge in [-0.1, -0.05) is 0 Å². The molecule has 0 aromatic heterocycles. The molecule has 1 nitrogen and oxygen atoms in total. The Balaban J connectivity index is 2.84. The van der Waals surface area contributed by atoms with Crippen LogP contribution < -0.4 is 0 Å². The van der Waals surface area contributed by atoms with Crippen molar-refractivity contribution in [3.8, 4) is 0 Å². The van der Waals surface area contributed by atoms with Gasteiger partial charge in [-0.05, 0) is 7.05 Å². The van der Waals surface area contributed by atoms with Crippen LogP contribution in [0.4, 0.5) is 26.3 Å². The summed E-state index contributed by atoms with van der Waals surface area (Å²) >= 11 is 0. The Morgan fingerprint density at radius 3 is 1.36 bits per heavy atom. The summed E-state index contributed by atoms with van der Waals surface area (Å²) < 4.78 is 73.1. The van der Waals surface area contributed by atoms with Gasteiger partial charge in [-0.15, -0.1) is 0 Å². The van der Waals surface area contributed by atoms with E-state index in [2.05, 4.69) is 0 Å². The first-order chi connectivity index (χ1) is 6.12. The van der Waals surface area contributed by atoms with Crippen LogP contribution in [0.5, 0.6) is 0 Å². The highest BCUT2D eigenvalue weighted by molar-refractivity contribution is 4.90. The van der Waals surface area contributed by atoms with E-state index in [0.717, 1.165) is 4.90 Å². The Morgan fingerprint density at radius 2 is 1.14 bits per heavy atom. The van der Waals surface area contributed by atoms with E-state index in [4.69, 9.17) is 0 Å². The maximum absolute atomic E-state index is 12.2. The van der Waals surface area contributed by atoms with Crippen LogP contribution in [-0.4, -0.2) is 37.4 Å². The Kier molecular flexibility index (Phi) is 2.73. The highest BCUT2D eigenvalue weighted by atomic mass is 19.4. The molecule has 0 aromatic carbocycles. The van der Waals surface area contributed by atoms with Gasteiger partial charge in [0.1, 0.15) is 0 Å². The zero-order valence-corrected chi connectivity index (χ0v) is 7.28. The van der Waals surface area contributed by atoms with Crippen molar-refractivity contribution < 1.29 is 26.3 Å². The lowest BCUT2D eigenvalue weighted by Gasteiger charge is -2.23. The zero-order chi connectivity index (χ0) is 11.1. The van der Waals surface area contributed by atoms with Gasteiger partial charge in [-0.2, -0.15) is 26.3 Å². The maximum Gasteiger partial charge on any atom is 0.393 e. The van der Waals surface area contributed by atoms with Crippen molar-refractivity contribution in [3.05, 3.63) is 0 Å². The van der Waals surface area contributed by atoms with Crippen LogP contribution in [0.15, 0.2) is 0 Å². The lowest BCUT2D eigenvalue weighted by molar-refractivity contribution is -0.239. The lowest BCUT2D eigenvalue weighted by Crippen LogP contribution is -2.37. The number of nitrogens with zero attached hydrogens (tertiary/aromatic N) is 1. The highest BCUT2D eigenvalue weighted by Crippen LogP contribution is 2.44. The summed E-state index contributed by atoms with van der Waals surface area (Å²) in [6, 6.07) is 0. The van der Waals surface area contributed by atoms with Crippen molar-refractivity contribution >= 4 is 0 Å². The molecule has 1 rings (SSSR count). The Morgan fingerprint density at radius 1 is 0.857 bits per heavy atom. The SMILES string of the molecule is CN1C[C@H](C(F)(F)F)[C@@H](C(F)(F)F)C1. The number of likely N-dealkylation sites (tertiary alicyclic amines) is 1. The Bertz CT molecular complexity index is 185. The van der Waals surface area contributed by atoms with E-state index in [1.54, 1.807) is 0 Å². The smallest absolute Gasteiger partial charge is 0.305 e. The second-order valence-corrected chi connectivity index (χ2v) is 3.52. The van der Waals surface area contributed by atoms with Crippen molar-refractivity contribution in [2.45, 2.75) is 12.4 Å². The monoisotopic (exact) mass is 221 g/mol. The Hall–Kier alpha value is -0.460. The average Bonchev–Trinajstić information content (AvgIpc) is 2.27. The summed E-state index contributed by atoms with van der Waals surface area (Å²) in [5, 5.41) is 0. The van der Waals surface area contributed by atoms with Gasteiger partial charge in [0.2, 0.25) is 0 Å². The molecule has 0 aliphatic carbocycles. The normalized spacial score (nSPS) is 31.1. The largest absolute Gasteiger partial charge is 0.393 e. The van der Waals surface area contributed by atoms with Crippen molar-refractivity contribution in [1.82, 2.24) is 4.90 Å². The van der Waals surface area contributed by atoms with Crippen LogP contribution in [0.1, 0.15) is 0 Å². The molecular formula is C7H9F6N. The molecule has 0 saturated carbocycles. The molecule has 0 bridgehead atoms. The van der Waals surface area contributed by atoms with Gasteiger partial charge >= 0.3 is 12.4 Å². The fraction of sp³-hybridized carbons (Fsp3) is 1.00. The van der Waals surface area contributed by atoms with Gasteiger partial charge in [0, 0.05) is 13.1 Å². The molecule has 0 aromatic rings. The van der Waals surface area contributed by atoms with Crippen LogP contribution in [0.3, 0.4) is 0 Å². The molecule has 1 saturated heterocycles. The van der Waals surface area contributed by atoms with E-state index in [0.29, 0.717) is 0 Å². The fourth-order valence-corrected chi connectivity index (χ4v) is 1.66. The predicted molar refractivity (Wildman–Crippen MR) is 36.6 cm³/mol. The van der Waals surface area contributed by atoms with Crippen molar-refractivity contribution in [1.29, 1.82) is 0 Å². The minimum absolute atomic E-state index is 0.576. The van der Waals surface area contributed by atoms with Gasteiger partial charge < -0.3 is 4.90 Å². The predicted octanol–water partition coefficient (Wildman–Crippen LogP) is 2.29.